The third-order valence-electron chi connectivity index (χ3n) is 5.12. The summed E-state index contributed by atoms with van der Waals surface area (Å²) in [6.07, 6.45) is 0.799. The summed E-state index contributed by atoms with van der Waals surface area (Å²) in [5.41, 5.74) is 2.39. The van der Waals surface area contributed by atoms with Crippen LogP contribution >= 0.6 is 11.8 Å². The van der Waals surface area contributed by atoms with Crippen molar-refractivity contribution in [3.05, 3.63) is 40.3 Å². The maximum absolute atomic E-state index is 13.3. The van der Waals surface area contributed by atoms with Crippen LogP contribution in [0.1, 0.15) is 44.7 Å². The minimum Gasteiger partial charge on any atom is -0.450 e. The second-order valence-electron chi connectivity index (χ2n) is 7.63. The lowest BCUT2D eigenvalue weighted by Crippen LogP contribution is -2.49. The molecule has 0 radical (unpaired) electrons. The summed E-state index contributed by atoms with van der Waals surface area (Å²) in [5, 5.41) is 0.188. The molecular formula is C22H28N2O4S. The molecule has 0 saturated carbocycles. The Hall–Kier alpha value is -2.28. The van der Waals surface area contributed by atoms with E-state index in [1.165, 1.54) is 16.7 Å². The molecule has 2 heterocycles. The molecule has 0 aliphatic carbocycles. The quantitative estimate of drug-likeness (QED) is 0.683. The number of likely N-dealkylation sites (tertiary alicyclic amines) is 1. The molecule has 3 rings (SSSR count). The number of carbonyl (C=O) groups excluding carboxylic acids is 3. The van der Waals surface area contributed by atoms with Gasteiger partial charge in [-0.05, 0) is 32.3 Å². The van der Waals surface area contributed by atoms with Gasteiger partial charge in [0.2, 0.25) is 0 Å². The smallest absolute Gasteiger partial charge is 0.409 e. The van der Waals surface area contributed by atoms with Crippen molar-refractivity contribution in [2.45, 2.75) is 51.8 Å². The van der Waals surface area contributed by atoms with E-state index in [1.54, 1.807) is 11.8 Å². The first-order valence-corrected chi connectivity index (χ1v) is 11.0. The minimum absolute atomic E-state index is 0.188. The van der Waals surface area contributed by atoms with Gasteiger partial charge >= 0.3 is 6.09 Å². The minimum atomic E-state index is -0.334. The molecule has 0 N–H and O–H groups in total. The van der Waals surface area contributed by atoms with Crippen molar-refractivity contribution in [3.8, 4) is 0 Å². The highest BCUT2D eigenvalue weighted by molar-refractivity contribution is 8.04. The molecule has 2 aliphatic heterocycles. The number of nitrogens with zero attached hydrogens (tertiary/aromatic N) is 2. The number of hydrogen-bond donors (Lipinski definition) is 0. The van der Waals surface area contributed by atoms with Gasteiger partial charge in [-0.15, -0.1) is 11.8 Å². The molecule has 1 aromatic rings. The fourth-order valence-electron chi connectivity index (χ4n) is 3.70. The van der Waals surface area contributed by atoms with E-state index in [2.05, 4.69) is 0 Å². The second kappa shape index (κ2) is 9.03. The summed E-state index contributed by atoms with van der Waals surface area (Å²) < 4.78 is 5.06. The van der Waals surface area contributed by atoms with Crippen LogP contribution in [0.2, 0.25) is 0 Å². The SMILES string of the molecule is CCOC(=O)N1CCC(N2C(=O)C(SC(C)C)=C(c3ccc(C)cc3)C2=O)CC1. The summed E-state index contributed by atoms with van der Waals surface area (Å²) in [6, 6.07) is 7.52. The number of piperidine rings is 1. The zero-order valence-electron chi connectivity index (χ0n) is 17.4. The van der Waals surface area contributed by atoms with Crippen molar-refractivity contribution < 1.29 is 19.1 Å². The average Bonchev–Trinajstić information content (AvgIpc) is 2.92. The third kappa shape index (κ3) is 4.50. The molecule has 3 amide bonds. The predicted octanol–water partition coefficient (Wildman–Crippen LogP) is 3.84. The maximum Gasteiger partial charge on any atom is 0.409 e. The molecule has 0 unspecified atom stereocenters. The van der Waals surface area contributed by atoms with Crippen LogP contribution in [0.5, 0.6) is 0 Å². The van der Waals surface area contributed by atoms with E-state index in [-0.39, 0.29) is 29.2 Å². The number of aryl methyl sites for hydroxylation is 1. The Kier molecular flexibility index (Phi) is 6.67. The Balaban J connectivity index is 1.82. The number of imide groups is 1. The van der Waals surface area contributed by atoms with Gasteiger partial charge in [-0.1, -0.05) is 43.7 Å². The number of ether oxygens (including phenoxy) is 1. The summed E-state index contributed by atoms with van der Waals surface area (Å²) in [7, 11) is 0. The lowest BCUT2D eigenvalue weighted by atomic mass is 10.0. The number of amides is 3. The van der Waals surface area contributed by atoms with Crippen molar-refractivity contribution in [2.24, 2.45) is 0 Å². The van der Waals surface area contributed by atoms with E-state index in [4.69, 9.17) is 4.74 Å². The Bertz CT molecular complexity index is 824. The highest BCUT2D eigenvalue weighted by Gasteiger charge is 2.44. The van der Waals surface area contributed by atoms with E-state index >= 15 is 0 Å². The van der Waals surface area contributed by atoms with Gasteiger partial charge in [-0.25, -0.2) is 4.79 Å². The first-order chi connectivity index (χ1) is 13.8. The maximum atomic E-state index is 13.3. The molecule has 1 aromatic carbocycles. The predicted molar refractivity (Wildman–Crippen MR) is 114 cm³/mol. The zero-order valence-corrected chi connectivity index (χ0v) is 18.3. The number of hydrogen-bond acceptors (Lipinski definition) is 5. The van der Waals surface area contributed by atoms with E-state index in [0.29, 0.717) is 43.0 Å². The third-order valence-corrected chi connectivity index (χ3v) is 6.21. The molecule has 0 aromatic heterocycles. The monoisotopic (exact) mass is 416 g/mol. The number of thioether (sulfide) groups is 1. The van der Waals surface area contributed by atoms with Gasteiger partial charge in [-0.2, -0.15) is 0 Å². The van der Waals surface area contributed by atoms with Gasteiger partial charge in [0, 0.05) is 24.4 Å². The summed E-state index contributed by atoms with van der Waals surface area (Å²) in [4.78, 5) is 42.1. The van der Waals surface area contributed by atoms with Crippen molar-refractivity contribution >= 4 is 35.2 Å². The van der Waals surface area contributed by atoms with Crippen LogP contribution in [0.15, 0.2) is 29.2 Å². The number of carbonyl (C=O) groups is 3. The topological polar surface area (TPSA) is 66.9 Å². The van der Waals surface area contributed by atoms with Crippen molar-refractivity contribution in [1.29, 1.82) is 0 Å². The largest absolute Gasteiger partial charge is 0.450 e. The van der Waals surface area contributed by atoms with E-state index in [9.17, 15) is 14.4 Å². The molecule has 2 aliphatic rings. The second-order valence-corrected chi connectivity index (χ2v) is 9.22. The van der Waals surface area contributed by atoms with E-state index < -0.39 is 0 Å². The van der Waals surface area contributed by atoms with E-state index in [0.717, 1.165) is 11.1 Å². The normalized spacial score (nSPS) is 18.2. The van der Waals surface area contributed by atoms with Crippen molar-refractivity contribution in [3.63, 3.8) is 0 Å². The van der Waals surface area contributed by atoms with Crippen LogP contribution in [0.25, 0.3) is 5.57 Å². The van der Waals surface area contributed by atoms with Gasteiger partial charge in [0.05, 0.1) is 17.1 Å². The summed E-state index contributed by atoms with van der Waals surface area (Å²) in [5.74, 6) is -0.435. The Labute approximate surface area is 176 Å². The fraction of sp³-hybridized carbons (Fsp3) is 0.500. The lowest BCUT2D eigenvalue weighted by molar-refractivity contribution is -0.140. The fourth-order valence-corrected chi connectivity index (χ4v) is 4.69. The molecule has 1 fully saturated rings. The molecule has 29 heavy (non-hydrogen) atoms. The Morgan fingerprint density at radius 1 is 1.14 bits per heavy atom. The Morgan fingerprint density at radius 2 is 1.76 bits per heavy atom. The standard InChI is InChI=1S/C22H28N2O4S/c1-5-28-22(27)23-12-10-17(11-13-23)24-20(25)18(16-8-6-15(4)7-9-16)19(21(24)26)29-14(2)3/h6-9,14,17H,5,10-13H2,1-4H3. The summed E-state index contributed by atoms with van der Waals surface area (Å²) in [6.45, 7) is 9.10. The zero-order chi connectivity index (χ0) is 21.1. The average molecular weight is 417 g/mol. The molecular weight excluding hydrogens is 388 g/mol. The number of rotatable bonds is 5. The van der Waals surface area contributed by atoms with Crippen LogP contribution < -0.4 is 0 Å². The Morgan fingerprint density at radius 3 is 2.31 bits per heavy atom. The van der Waals surface area contributed by atoms with Crippen LogP contribution in [0, 0.1) is 6.92 Å². The summed E-state index contributed by atoms with van der Waals surface area (Å²) >= 11 is 1.44. The lowest BCUT2D eigenvalue weighted by Gasteiger charge is -2.35. The van der Waals surface area contributed by atoms with E-state index in [1.807, 2.05) is 45.0 Å². The molecule has 6 nitrogen and oxygen atoms in total. The molecule has 0 spiro atoms. The van der Waals surface area contributed by atoms with Crippen molar-refractivity contribution in [1.82, 2.24) is 9.80 Å². The highest BCUT2D eigenvalue weighted by atomic mass is 32.2. The van der Waals surface area contributed by atoms with Gasteiger partial charge in [0.15, 0.2) is 0 Å². The van der Waals surface area contributed by atoms with Gasteiger partial charge in [0.25, 0.3) is 11.8 Å². The van der Waals surface area contributed by atoms with Crippen molar-refractivity contribution in [2.75, 3.05) is 19.7 Å². The first kappa shape index (κ1) is 21.4. The molecule has 156 valence electrons. The highest BCUT2D eigenvalue weighted by Crippen LogP contribution is 2.40. The van der Waals surface area contributed by atoms with Gasteiger partial charge < -0.3 is 9.64 Å². The van der Waals surface area contributed by atoms with Crippen LogP contribution in [0.4, 0.5) is 4.79 Å². The molecule has 1 saturated heterocycles. The van der Waals surface area contributed by atoms with Crippen LogP contribution in [-0.4, -0.2) is 58.7 Å². The molecule has 0 atom stereocenters. The molecule has 7 heteroatoms. The van der Waals surface area contributed by atoms with Crippen LogP contribution in [0.3, 0.4) is 0 Å². The van der Waals surface area contributed by atoms with Gasteiger partial charge in [0.1, 0.15) is 0 Å². The first-order valence-electron chi connectivity index (χ1n) is 10.1. The molecule has 0 bridgehead atoms. The number of benzene rings is 1. The van der Waals surface area contributed by atoms with Gasteiger partial charge in [-0.3, -0.25) is 14.5 Å². The van der Waals surface area contributed by atoms with Crippen LogP contribution in [-0.2, 0) is 14.3 Å².